The summed E-state index contributed by atoms with van der Waals surface area (Å²) in [6.07, 6.45) is 0.490. The Morgan fingerprint density at radius 1 is 1.29 bits per heavy atom. The first kappa shape index (κ1) is 15.6. The Labute approximate surface area is 127 Å². The number of benzene rings is 1. The van der Waals surface area contributed by atoms with Crippen molar-refractivity contribution in [3.63, 3.8) is 0 Å². The first-order valence-corrected chi connectivity index (χ1v) is 6.90. The molecule has 0 saturated carbocycles. The van der Waals surface area contributed by atoms with Crippen molar-refractivity contribution in [2.45, 2.75) is 18.4 Å². The van der Waals surface area contributed by atoms with Crippen LogP contribution in [0.1, 0.15) is 12.8 Å². The highest BCUT2D eigenvalue weighted by molar-refractivity contribution is 6.30. The average molecular weight is 314 g/mol. The van der Waals surface area contributed by atoms with Crippen LogP contribution in [-0.4, -0.2) is 42.3 Å². The third kappa shape index (κ3) is 4.09. The van der Waals surface area contributed by atoms with Crippen LogP contribution in [0.5, 0.6) is 5.75 Å². The van der Waals surface area contributed by atoms with E-state index in [2.05, 4.69) is 5.32 Å². The molecule has 0 atom stereocenters. The van der Waals surface area contributed by atoms with Gasteiger partial charge >= 0.3 is 5.97 Å². The van der Waals surface area contributed by atoms with Crippen LogP contribution in [0.3, 0.4) is 0 Å². The van der Waals surface area contributed by atoms with Gasteiger partial charge in [-0.2, -0.15) is 0 Å². The van der Waals surface area contributed by atoms with Gasteiger partial charge in [-0.3, -0.25) is 4.79 Å². The average Bonchev–Trinajstić information content (AvgIpc) is 2.47. The molecule has 21 heavy (non-hydrogen) atoms. The quantitative estimate of drug-likeness (QED) is 0.860. The SMILES string of the molecule is O=C(COc1ccc(Cl)cc1)NC1(C(=O)O)CCOCC1. The lowest BCUT2D eigenvalue weighted by Gasteiger charge is -2.33. The summed E-state index contributed by atoms with van der Waals surface area (Å²) in [5.74, 6) is -1.04. The zero-order chi connectivity index (χ0) is 15.3. The lowest BCUT2D eigenvalue weighted by molar-refractivity contribution is -0.152. The number of amides is 1. The van der Waals surface area contributed by atoms with Gasteiger partial charge in [-0.25, -0.2) is 4.79 Å². The fourth-order valence-corrected chi connectivity index (χ4v) is 2.22. The van der Waals surface area contributed by atoms with Crippen LogP contribution in [0, 0.1) is 0 Å². The van der Waals surface area contributed by atoms with Gasteiger partial charge in [0.15, 0.2) is 6.61 Å². The molecule has 0 aliphatic carbocycles. The predicted octanol–water partition coefficient (Wildman–Crippen LogP) is 1.47. The van der Waals surface area contributed by atoms with Crippen LogP contribution in [0.25, 0.3) is 0 Å². The molecule has 1 amide bonds. The summed E-state index contributed by atoms with van der Waals surface area (Å²) in [6.45, 7) is 0.368. The van der Waals surface area contributed by atoms with Crippen molar-refractivity contribution in [2.75, 3.05) is 19.8 Å². The molecule has 0 aromatic heterocycles. The van der Waals surface area contributed by atoms with Crippen molar-refractivity contribution >= 4 is 23.5 Å². The normalized spacial score (nSPS) is 17.0. The van der Waals surface area contributed by atoms with Gasteiger partial charge in [-0.1, -0.05) is 11.6 Å². The minimum Gasteiger partial charge on any atom is -0.484 e. The molecule has 1 aromatic carbocycles. The maximum absolute atomic E-state index is 11.9. The highest BCUT2D eigenvalue weighted by atomic mass is 35.5. The largest absolute Gasteiger partial charge is 0.484 e. The number of rotatable bonds is 5. The number of carboxylic acids is 1. The Morgan fingerprint density at radius 2 is 1.90 bits per heavy atom. The van der Waals surface area contributed by atoms with Gasteiger partial charge in [0.2, 0.25) is 0 Å². The van der Waals surface area contributed by atoms with E-state index in [1.807, 2.05) is 0 Å². The van der Waals surface area contributed by atoms with E-state index in [1.54, 1.807) is 24.3 Å². The summed E-state index contributed by atoms with van der Waals surface area (Å²) in [6, 6.07) is 6.56. The standard InChI is InChI=1S/C14H16ClNO5/c15-10-1-3-11(4-2-10)21-9-12(17)16-14(13(18)19)5-7-20-8-6-14/h1-4H,5-9H2,(H,16,17)(H,18,19). The first-order valence-electron chi connectivity index (χ1n) is 6.52. The molecule has 2 rings (SSSR count). The van der Waals surface area contributed by atoms with Gasteiger partial charge in [0.1, 0.15) is 11.3 Å². The fraction of sp³-hybridized carbons (Fsp3) is 0.429. The molecule has 7 heteroatoms. The highest BCUT2D eigenvalue weighted by Gasteiger charge is 2.41. The molecular formula is C14H16ClNO5. The van der Waals surface area contributed by atoms with Gasteiger partial charge in [-0.15, -0.1) is 0 Å². The van der Waals surface area contributed by atoms with Gasteiger partial charge < -0.3 is 19.9 Å². The lowest BCUT2D eigenvalue weighted by Crippen LogP contribution is -2.58. The summed E-state index contributed by atoms with van der Waals surface area (Å²) < 4.78 is 10.4. The molecule has 0 bridgehead atoms. The molecule has 2 N–H and O–H groups in total. The summed E-state index contributed by atoms with van der Waals surface area (Å²) in [5, 5.41) is 12.4. The van der Waals surface area contributed by atoms with Crippen LogP contribution >= 0.6 is 11.6 Å². The Hall–Kier alpha value is -1.79. The monoisotopic (exact) mass is 313 g/mol. The van der Waals surface area contributed by atoms with Gasteiger partial charge in [0.05, 0.1) is 0 Å². The molecule has 6 nitrogen and oxygen atoms in total. The highest BCUT2D eigenvalue weighted by Crippen LogP contribution is 2.21. The van der Waals surface area contributed by atoms with Crippen molar-refractivity contribution in [3.05, 3.63) is 29.3 Å². The Kier molecular flexibility index (Phi) is 5.03. The number of carboxylic acid groups (broad SMARTS) is 1. The second-order valence-corrected chi connectivity index (χ2v) is 5.23. The van der Waals surface area contributed by atoms with E-state index in [1.165, 1.54) is 0 Å². The number of ether oxygens (including phenoxy) is 2. The summed E-state index contributed by atoms with van der Waals surface area (Å²) >= 11 is 5.74. The molecule has 1 aliphatic heterocycles. The predicted molar refractivity (Wildman–Crippen MR) is 75.5 cm³/mol. The zero-order valence-electron chi connectivity index (χ0n) is 11.3. The second kappa shape index (κ2) is 6.78. The third-order valence-corrected chi connectivity index (χ3v) is 3.57. The van der Waals surface area contributed by atoms with Gasteiger partial charge in [0.25, 0.3) is 5.91 Å². The van der Waals surface area contributed by atoms with Crippen LogP contribution in [-0.2, 0) is 14.3 Å². The van der Waals surface area contributed by atoms with Crippen molar-refractivity contribution < 1.29 is 24.2 Å². The van der Waals surface area contributed by atoms with Crippen LogP contribution < -0.4 is 10.1 Å². The molecule has 1 aliphatic rings. The molecule has 1 fully saturated rings. The number of hydrogen-bond donors (Lipinski definition) is 2. The number of hydrogen-bond acceptors (Lipinski definition) is 4. The maximum atomic E-state index is 11.9. The number of carbonyl (C=O) groups is 2. The van der Waals surface area contributed by atoms with E-state index in [0.29, 0.717) is 24.0 Å². The number of nitrogens with one attached hydrogen (secondary N) is 1. The molecule has 1 heterocycles. The van der Waals surface area contributed by atoms with E-state index < -0.39 is 17.4 Å². The molecule has 0 radical (unpaired) electrons. The summed E-state index contributed by atoms with van der Waals surface area (Å²) in [7, 11) is 0. The van der Waals surface area contributed by atoms with Crippen LogP contribution in [0.4, 0.5) is 0 Å². The van der Waals surface area contributed by atoms with E-state index in [4.69, 9.17) is 21.1 Å². The van der Waals surface area contributed by atoms with Crippen molar-refractivity contribution in [3.8, 4) is 5.75 Å². The molecule has 1 saturated heterocycles. The van der Waals surface area contributed by atoms with Crippen molar-refractivity contribution in [1.29, 1.82) is 0 Å². The van der Waals surface area contributed by atoms with Gasteiger partial charge in [0, 0.05) is 31.1 Å². The molecule has 1 aromatic rings. The zero-order valence-corrected chi connectivity index (χ0v) is 12.1. The van der Waals surface area contributed by atoms with Gasteiger partial charge in [-0.05, 0) is 24.3 Å². The van der Waals surface area contributed by atoms with E-state index in [0.717, 1.165) is 0 Å². The number of aliphatic carboxylic acids is 1. The molecular weight excluding hydrogens is 298 g/mol. The first-order chi connectivity index (χ1) is 10.0. The summed E-state index contributed by atoms with van der Waals surface area (Å²) in [4.78, 5) is 23.3. The number of carbonyl (C=O) groups excluding carboxylic acids is 1. The molecule has 114 valence electrons. The third-order valence-electron chi connectivity index (χ3n) is 3.32. The molecule has 0 unspecified atom stereocenters. The Morgan fingerprint density at radius 3 is 2.48 bits per heavy atom. The van der Waals surface area contributed by atoms with Crippen molar-refractivity contribution in [2.24, 2.45) is 0 Å². The minimum absolute atomic E-state index is 0.245. The fourth-order valence-electron chi connectivity index (χ4n) is 2.09. The topological polar surface area (TPSA) is 84.9 Å². The summed E-state index contributed by atoms with van der Waals surface area (Å²) in [5.41, 5.74) is -1.27. The van der Waals surface area contributed by atoms with Crippen LogP contribution in [0.15, 0.2) is 24.3 Å². The number of halogens is 1. The molecule has 0 spiro atoms. The van der Waals surface area contributed by atoms with E-state index in [-0.39, 0.29) is 19.4 Å². The lowest BCUT2D eigenvalue weighted by atomic mass is 9.90. The van der Waals surface area contributed by atoms with Crippen molar-refractivity contribution in [1.82, 2.24) is 5.32 Å². The van der Waals surface area contributed by atoms with E-state index in [9.17, 15) is 14.7 Å². The van der Waals surface area contributed by atoms with Crippen LogP contribution in [0.2, 0.25) is 5.02 Å². The second-order valence-electron chi connectivity index (χ2n) is 4.79. The minimum atomic E-state index is -1.27. The van der Waals surface area contributed by atoms with E-state index >= 15 is 0 Å². The Balaban J connectivity index is 1.90. The smallest absolute Gasteiger partial charge is 0.329 e. The maximum Gasteiger partial charge on any atom is 0.329 e. The Bertz CT molecular complexity index is 511.